The molecule has 20 heavy (non-hydrogen) atoms. The van der Waals surface area contributed by atoms with Crippen LogP contribution in [-0.2, 0) is 23.0 Å². The third-order valence-electron chi connectivity index (χ3n) is 3.08. The van der Waals surface area contributed by atoms with E-state index >= 15 is 0 Å². The number of halogens is 1. The molecule has 0 saturated heterocycles. The van der Waals surface area contributed by atoms with Crippen LogP contribution in [0.1, 0.15) is 22.9 Å². The summed E-state index contributed by atoms with van der Waals surface area (Å²) >= 11 is 4.74. The minimum absolute atomic E-state index is 0.319. The summed E-state index contributed by atoms with van der Waals surface area (Å²) in [4.78, 5) is 1.14. The topological polar surface area (TPSA) is 46.2 Å². The van der Waals surface area contributed by atoms with Crippen LogP contribution in [0, 0.1) is 6.92 Å². The van der Waals surface area contributed by atoms with Gasteiger partial charge in [0.05, 0.1) is 8.68 Å². The van der Waals surface area contributed by atoms with Gasteiger partial charge in [0.1, 0.15) is 0 Å². The molecule has 1 heterocycles. The first kappa shape index (κ1) is 15.7. The normalized spacial score (nSPS) is 11.8. The van der Waals surface area contributed by atoms with Crippen molar-refractivity contribution in [2.24, 2.45) is 0 Å². The Bertz CT molecular complexity index is 708. The maximum Gasteiger partial charge on any atom is 0.242 e. The molecule has 1 aromatic carbocycles. The van der Waals surface area contributed by atoms with Crippen LogP contribution in [-0.4, -0.2) is 8.42 Å². The molecule has 1 aromatic heterocycles. The van der Waals surface area contributed by atoms with E-state index in [0.29, 0.717) is 11.4 Å². The summed E-state index contributed by atoms with van der Waals surface area (Å²) in [7, 11) is -3.46. The molecule has 0 aliphatic rings. The van der Waals surface area contributed by atoms with Gasteiger partial charge in [-0.25, -0.2) is 13.1 Å². The van der Waals surface area contributed by atoms with Crippen LogP contribution < -0.4 is 4.72 Å². The summed E-state index contributed by atoms with van der Waals surface area (Å²) in [6, 6.07) is 9.52. The summed E-state index contributed by atoms with van der Waals surface area (Å²) in [5.41, 5.74) is 2.18. The average Bonchev–Trinajstić information content (AvgIpc) is 2.76. The number of benzene rings is 1. The van der Waals surface area contributed by atoms with Crippen LogP contribution in [0.25, 0.3) is 0 Å². The third kappa shape index (κ3) is 3.49. The van der Waals surface area contributed by atoms with Gasteiger partial charge in [-0.1, -0.05) is 31.2 Å². The first-order valence-corrected chi connectivity index (χ1v) is 9.35. The molecule has 0 spiro atoms. The molecule has 0 fully saturated rings. The SMILES string of the molecule is CCc1ccccc1CNS(=O)(=O)c1cc(Br)sc1C. The van der Waals surface area contributed by atoms with Gasteiger partial charge >= 0.3 is 0 Å². The highest BCUT2D eigenvalue weighted by atomic mass is 79.9. The number of nitrogens with one attached hydrogen (secondary N) is 1. The van der Waals surface area contributed by atoms with Crippen molar-refractivity contribution in [3.05, 3.63) is 50.1 Å². The van der Waals surface area contributed by atoms with Crippen LogP contribution in [0.15, 0.2) is 39.0 Å². The maximum atomic E-state index is 12.3. The van der Waals surface area contributed by atoms with Crippen molar-refractivity contribution < 1.29 is 8.42 Å². The van der Waals surface area contributed by atoms with Crippen molar-refractivity contribution in [2.45, 2.75) is 31.7 Å². The molecule has 6 heteroatoms. The molecular weight excluding hydrogens is 358 g/mol. The number of aryl methyl sites for hydroxylation is 2. The zero-order valence-electron chi connectivity index (χ0n) is 11.3. The average molecular weight is 374 g/mol. The van der Waals surface area contributed by atoms with Crippen LogP contribution in [0.4, 0.5) is 0 Å². The van der Waals surface area contributed by atoms with E-state index in [1.807, 2.05) is 31.2 Å². The molecule has 1 N–H and O–H groups in total. The predicted molar refractivity (Wildman–Crippen MR) is 86.6 cm³/mol. The minimum atomic E-state index is -3.46. The minimum Gasteiger partial charge on any atom is -0.207 e. The van der Waals surface area contributed by atoms with Gasteiger partial charge in [-0.05, 0) is 46.5 Å². The van der Waals surface area contributed by atoms with Gasteiger partial charge in [0.15, 0.2) is 0 Å². The molecule has 0 amide bonds. The molecule has 0 unspecified atom stereocenters. The Hall–Kier alpha value is -0.690. The Labute approximate surface area is 132 Å². The van der Waals surface area contributed by atoms with E-state index in [1.165, 1.54) is 16.9 Å². The highest BCUT2D eigenvalue weighted by molar-refractivity contribution is 9.11. The fraction of sp³-hybridized carbons (Fsp3) is 0.286. The van der Waals surface area contributed by atoms with E-state index in [4.69, 9.17) is 0 Å². The van der Waals surface area contributed by atoms with Crippen LogP contribution in [0.3, 0.4) is 0 Å². The van der Waals surface area contributed by atoms with Gasteiger partial charge < -0.3 is 0 Å². The zero-order valence-corrected chi connectivity index (χ0v) is 14.5. The number of sulfonamides is 1. The number of hydrogen-bond acceptors (Lipinski definition) is 3. The maximum absolute atomic E-state index is 12.3. The standard InChI is InChI=1S/C14H16BrNO2S2/c1-3-11-6-4-5-7-12(11)9-16-20(17,18)13-8-14(15)19-10(13)2/h4-8,16H,3,9H2,1-2H3. The summed E-state index contributed by atoms with van der Waals surface area (Å²) in [5.74, 6) is 0. The molecule has 0 aliphatic carbocycles. The molecular formula is C14H16BrNO2S2. The lowest BCUT2D eigenvalue weighted by Gasteiger charge is -2.09. The predicted octanol–water partition coefficient (Wildman–Crippen LogP) is 3.86. The van der Waals surface area contributed by atoms with E-state index in [-0.39, 0.29) is 0 Å². The highest BCUT2D eigenvalue weighted by Gasteiger charge is 2.19. The van der Waals surface area contributed by atoms with Crippen molar-refractivity contribution in [1.29, 1.82) is 0 Å². The zero-order chi connectivity index (χ0) is 14.8. The largest absolute Gasteiger partial charge is 0.242 e. The summed E-state index contributed by atoms with van der Waals surface area (Å²) < 4.78 is 28.1. The Morgan fingerprint density at radius 3 is 2.45 bits per heavy atom. The first-order valence-electron chi connectivity index (χ1n) is 6.26. The molecule has 2 aromatic rings. The molecule has 3 nitrogen and oxygen atoms in total. The van der Waals surface area contributed by atoms with Crippen molar-refractivity contribution in [3.63, 3.8) is 0 Å². The Kier molecular flexibility index (Phi) is 5.01. The molecule has 108 valence electrons. The van der Waals surface area contributed by atoms with Crippen LogP contribution in [0.5, 0.6) is 0 Å². The molecule has 0 aliphatic heterocycles. The molecule has 0 atom stereocenters. The number of rotatable bonds is 5. The van der Waals surface area contributed by atoms with Gasteiger partial charge in [0, 0.05) is 11.4 Å². The molecule has 2 rings (SSSR count). The second-order valence-corrected chi connectivity index (χ2v) is 8.79. The van der Waals surface area contributed by atoms with E-state index in [0.717, 1.165) is 20.6 Å². The summed E-state index contributed by atoms with van der Waals surface area (Å²) in [5, 5.41) is 0. The van der Waals surface area contributed by atoms with Gasteiger partial charge in [0.25, 0.3) is 0 Å². The Balaban J connectivity index is 2.20. The fourth-order valence-corrected chi connectivity index (χ4v) is 5.44. The van der Waals surface area contributed by atoms with E-state index in [2.05, 4.69) is 27.6 Å². The lowest BCUT2D eigenvalue weighted by atomic mass is 10.1. The van der Waals surface area contributed by atoms with Crippen molar-refractivity contribution >= 4 is 37.3 Å². The second-order valence-electron chi connectivity index (χ2n) is 4.42. The summed E-state index contributed by atoms with van der Waals surface area (Å²) in [6.45, 7) is 4.19. The van der Waals surface area contributed by atoms with Crippen molar-refractivity contribution in [1.82, 2.24) is 4.72 Å². The smallest absolute Gasteiger partial charge is 0.207 e. The van der Waals surface area contributed by atoms with Crippen LogP contribution >= 0.6 is 27.3 Å². The van der Waals surface area contributed by atoms with Gasteiger partial charge in [0.2, 0.25) is 10.0 Å². The Morgan fingerprint density at radius 1 is 1.25 bits per heavy atom. The Morgan fingerprint density at radius 2 is 1.90 bits per heavy atom. The van der Waals surface area contributed by atoms with Crippen molar-refractivity contribution in [2.75, 3.05) is 0 Å². The molecule has 0 saturated carbocycles. The molecule has 0 radical (unpaired) electrons. The lowest BCUT2D eigenvalue weighted by molar-refractivity contribution is 0.581. The fourth-order valence-electron chi connectivity index (χ4n) is 2.02. The van der Waals surface area contributed by atoms with Gasteiger partial charge in [-0.3, -0.25) is 0 Å². The monoisotopic (exact) mass is 373 g/mol. The molecule has 0 bridgehead atoms. The van der Waals surface area contributed by atoms with Crippen LogP contribution in [0.2, 0.25) is 0 Å². The number of thiophene rings is 1. The first-order chi connectivity index (χ1) is 9.44. The number of hydrogen-bond donors (Lipinski definition) is 1. The van der Waals surface area contributed by atoms with E-state index in [1.54, 1.807) is 6.07 Å². The quantitative estimate of drug-likeness (QED) is 0.864. The van der Waals surface area contributed by atoms with Crippen molar-refractivity contribution in [3.8, 4) is 0 Å². The lowest BCUT2D eigenvalue weighted by Crippen LogP contribution is -2.23. The second kappa shape index (κ2) is 6.39. The van der Waals surface area contributed by atoms with E-state index < -0.39 is 10.0 Å². The highest BCUT2D eigenvalue weighted by Crippen LogP contribution is 2.29. The van der Waals surface area contributed by atoms with Gasteiger partial charge in [-0.2, -0.15) is 0 Å². The third-order valence-corrected chi connectivity index (χ3v) is 6.29. The van der Waals surface area contributed by atoms with Gasteiger partial charge in [-0.15, -0.1) is 11.3 Å². The summed E-state index contributed by atoms with van der Waals surface area (Å²) in [6.07, 6.45) is 0.890. The van der Waals surface area contributed by atoms with E-state index in [9.17, 15) is 8.42 Å².